The van der Waals surface area contributed by atoms with Crippen LogP contribution in [0.4, 0.5) is 0 Å². The first-order chi connectivity index (χ1) is 9.38. The average Bonchev–Trinajstić information content (AvgIpc) is 2.41. The Kier molecular flexibility index (Phi) is 3.39. The predicted octanol–water partition coefficient (Wildman–Crippen LogP) is -0.721. The van der Waals surface area contributed by atoms with Crippen LogP contribution in [0.5, 0.6) is 5.75 Å². The Morgan fingerprint density at radius 1 is 1.45 bits per heavy atom. The number of rotatable bonds is 2. The number of carbonyl (C=O) groups is 2. The Morgan fingerprint density at radius 3 is 2.65 bits per heavy atom. The smallest absolute Gasteiger partial charge is 0.278 e. The van der Waals surface area contributed by atoms with Crippen molar-refractivity contribution in [3.05, 3.63) is 27.7 Å². The third-order valence-electron chi connectivity index (χ3n) is 3.14. The Labute approximate surface area is 115 Å². The van der Waals surface area contributed by atoms with Gasteiger partial charge in [0.05, 0.1) is 0 Å². The van der Waals surface area contributed by atoms with Crippen LogP contribution in [-0.4, -0.2) is 46.3 Å². The molecule has 3 N–H and O–H groups in total. The molecular weight excluding hydrogens is 264 g/mol. The van der Waals surface area contributed by atoms with Gasteiger partial charge in [0.1, 0.15) is 12.4 Å². The normalized spacial score (nSPS) is 14.0. The first-order valence-electron chi connectivity index (χ1n) is 6.14. The third-order valence-corrected chi connectivity index (χ3v) is 3.14. The van der Waals surface area contributed by atoms with Gasteiger partial charge in [0, 0.05) is 19.2 Å². The van der Waals surface area contributed by atoms with E-state index in [0.29, 0.717) is 0 Å². The highest BCUT2D eigenvalue weighted by Gasteiger charge is 2.32. The number of carbonyl (C=O) groups excluding carboxylic acids is 2. The second kappa shape index (κ2) is 4.87. The zero-order valence-electron chi connectivity index (χ0n) is 11.4. The highest BCUT2D eigenvalue weighted by molar-refractivity contribution is 5.99. The van der Waals surface area contributed by atoms with Gasteiger partial charge in [0.2, 0.25) is 5.43 Å². The zero-order chi connectivity index (χ0) is 15.0. The summed E-state index contributed by atoms with van der Waals surface area (Å²) in [6, 6.07) is 0.880. The molecular formula is C12H16N4O4. The van der Waals surface area contributed by atoms with Crippen LogP contribution < -0.4 is 16.2 Å². The van der Waals surface area contributed by atoms with E-state index in [1.807, 2.05) is 13.8 Å². The van der Waals surface area contributed by atoms with Gasteiger partial charge in [0.15, 0.2) is 11.4 Å². The number of pyridine rings is 1. The van der Waals surface area contributed by atoms with Crippen molar-refractivity contribution >= 4 is 11.8 Å². The molecule has 1 aromatic rings. The summed E-state index contributed by atoms with van der Waals surface area (Å²) < 4.78 is 1.15. The number of nitrogens with one attached hydrogen (secondary N) is 2. The minimum absolute atomic E-state index is 0.0259. The maximum absolute atomic E-state index is 12.3. The number of amides is 2. The maximum atomic E-state index is 12.3. The van der Waals surface area contributed by atoms with Gasteiger partial charge in [-0.25, -0.2) is 4.68 Å². The van der Waals surface area contributed by atoms with Gasteiger partial charge in [-0.2, -0.15) is 0 Å². The first-order valence-corrected chi connectivity index (χ1v) is 6.14. The lowest BCUT2D eigenvalue weighted by molar-refractivity contribution is 0.0669. The van der Waals surface area contributed by atoms with E-state index < -0.39 is 23.0 Å². The van der Waals surface area contributed by atoms with Gasteiger partial charge in [-0.15, -0.1) is 0 Å². The molecule has 0 bridgehead atoms. The fraction of sp³-hybridized carbons (Fsp3) is 0.417. The molecule has 0 atom stereocenters. The molecule has 2 heterocycles. The first kappa shape index (κ1) is 13.9. The SMILES string of the molecule is CNC(=O)c1cc(=O)c(O)c2n1NCN(C(C)C)C2=O. The standard InChI is InChI=1S/C12H16N4O4/c1-6(2)15-5-14-16-7(11(19)13-3)4-8(17)10(18)9(16)12(15)20/h4,6,14,18H,5H2,1-3H3,(H,13,19). The van der Waals surface area contributed by atoms with Crippen molar-refractivity contribution in [1.82, 2.24) is 14.9 Å². The number of nitrogens with zero attached hydrogens (tertiary/aromatic N) is 2. The van der Waals surface area contributed by atoms with Crippen molar-refractivity contribution in [2.24, 2.45) is 0 Å². The number of fused-ring (bicyclic) bond motifs is 1. The number of hydrogen-bond donors (Lipinski definition) is 3. The molecule has 0 aliphatic carbocycles. The summed E-state index contributed by atoms with van der Waals surface area (Å²) in [5, 5.41) is 12.2. The third kappa shape index (κ3) is 1.98. The van der Waals surface area contributed by atoms with Crippen LogP contribution in [0.3, 0.4) is 0 Å². The van der Waals surface area contributed by atoms with Crippen LogP contribution in [0, 0.1) is 0 Å². The van der Waals surface area contributed by atoms with E-state index in [-0.39, 0.29) is 24.1 Å². The molecule has 8 nitrogen and oxygen atoms in total. The fourth-order valence-corrected chi connectivity index (χ4v) is 2.03. The van der Waals surface area contributed by atoms with Gasteiger partial charge in [-0.05, 0) is 13.8 Å². The van der Waals surface area contributed by atoms with Gasteiger partial charge in [-0.3, -0.25) is 14.4 Å². The van der Waals surface area contributed by atoms with Gasteiger partial charge in [0.25, 0.3) is 11.8 Å². The quantitative estimate of drug-likeness (QED) is 0.663. The highest BCUT2D eigenvalue weighted by Crippen LogP contribution is 2.20. The van der Waals surface area contributed by atoms with E-state index >= 15 is 0 Å². The lowest BCUT2D eigenvalue weighted by atomic mass is 10.2. The topological polar surface area (TPSA) is 104 Å². The van der Waals surface area contributed by atoms with Crippen molar-refractivity contribution < 1.29 is 14.7 Å². The molecule has 20 heavy (non-hydrogen) atoms. The summed E-state index contributed by atoms with van der Waals surface area (Å²) in [7, 11) is 1.41. The van der Waals surface area contributed by atoms with Crippen LogP contribution in [-0.2, 0) is 0 Å². The Bertz CT molecular complexity index is 635. The average molecular weight is 280 g/mol. The van der Waals surface area contributed by atoms with Gasteiger partial charge in [-0.1, -0.05) is 0 Å². The fourth-order valence-electron chi connectivity index (χ4n) is 2.03. The molecule has 8 heteroatoms. The highest BCUT2D eigenvalue weighted by atomic mass is 16.3. The van der Waals surface area contributed by atoms with Crippen molar-refractivity contribution in [1.29, 1.82) is 0 Å². The maximum Gasteiger partial charge on any atom is 0.278 e. The van der Waals surface area contributed by atoms with Crippen LogP contribution in [0.15, 0.2) is 10.9 Å². The van der Waals surface area contributed by atoms with Crippen molar-refractivity contribution in [3.8, 4) is 5.75 Å². The molecule has 1 aromatic heterocycles. The lowest BCUT2D eigenvalue weighted by Gasteiger charge is -2.34. The monoisotopic (exact) mass is 280 g/mol. The van der Waals surface area contributed by atoms with Crippen LogP contribution >= 0.6 is 0 Å². The molecule has 0 aromatic carbocycles. The number of aromatic nitrogens is 1. The molecule has 2 rings (SSSR count). The molecule has 0 spiro atoms. The summed E-state index contributed by atoms with van der Waals surface area (Å²) in [6.45, 7) is 3.80. The Morgan fingerprint density at radius 2 is 2.10 bits per heavy atom. The lowest BCUT2D eigenvalue weighted by Crippen LogP contribution is -2.50. The summed E-state index contributed by atoms with van der Waals surface area (Å²) in [4.78, 5) is 37.2. The van der Waals surface area contributed by atoms with Crippen LogP contribution in [0.2, 0.25) is 0 Å². The van der Waals surface area contributed by atoms with E-state index in [4.69, 9.17) is 0 Å². The number of aromatic hydroxyl groups is 1. The van der Waals surface area contributed by atoms with E-state index in [2.05, 4.69) is 10.7 Å². The predicted molar refractivity (Wildman–Crippen MR) is 71.3 cm³/mol. The van der Waals surface area contributed by atoms with E-state index in [9.17, 15) is 19.5 Å². The molecule has 2 amide bonds. The second-order valence-electron chi connectivity index (χ2n) is 4.69. The van der Waals surface area contributed by atoms with Crippen LogP contribution in [0.25, 0.3) is 0 Å². The molecule has 0 saturated carbocycles. The molecule has 1 aliphatic rings. The summed E-state index contributed by atoms with van der Waals surface area (Å²) in [5.41, 5.74) is 1.82. The molecule has 0 radical (unpaired) electrons. The molecule has 1 aliphatic heterocycles. The molecule has 0 fully saturated rings. The van der Waals surface area contributed by atoms with Crippen molar-refractivity contribution in [2.45, 2.75) is 19.9 Å². The van der Waals surface area contributed by atoms with Gasteiger partial charge < -0.3 is 20.7 Å². The molecule has 108 valence electrons. The van der Waals surface area contributed by atoms with E-state index in [1.54, 1.807) is 0 Å². The Balaban J connectivity index is 2.67. The van der Waals surface area contributed by atoms with E-state index in [1.165, 1.54) is 11.9 Å². The summed E-state index contributed by atoms with van der Waals surface area (Å²) >= 11 is 0. The van der Waals surface area contributed by atoms with Crippen molar-refractivity contribution in [3.63, 3.8) is 0 Å². The molecule has 0 unspecified atom stereocenters. The minimum atomic E-state index is -0.768. The zero-order valence-corrected chi connectivity index (χ0v) is 11.4. The largest absolute Gasteiger partial charge is 0.502 e. The van der Waals surface area contributed by atoms with Gasteiger partial charge >= 0.3 is 0 Å². The summed E-state index contributed by atoms with van der Waals surface area (Å²) in [6.07, 6.45) is 0. The number of hydrogen-bond acceptors (Lipinski definition) is 5. The van der Waals surface area contributed by atoms with E-state index in [0.717, 1.165) is 10.7 Å². The Hall–Kier alpha value is -2.51. The molecule has 0 saturated heterocycles. The summed E-state index contributed by atoms with van der Waals surface area (Å²) in [5.74, 6) is -1.69. The van der Waals surface area contributed by atoms with Crippen molar-refractivity contribution in [2.75, 3.05) is 19.1 Å². The second-order valence-corrected chi connectivity index (χ2v) is 4.69. The minimum Gasteiger partial charge on any atom is -0.502 e. The van der Waals surface area contributed by atoms with Crippen LogP contribution in [0.1, 0.15) is 34.8 Å².